The molecule has 2 rings (SSSR count). The summed E-state index contributed by atoms with van der Waals surface area (Å²) in [5.41, 5.74) is 1.33. The molecule has 0 saturated carbocycles. The van der Waals surface area contributed by atoms with Crippen molar-refractivity contribution in [2.75, 3.05) is 13.7 Å². The molecule has 110 valence electrons. The lowest BCUT2D eigenvalue weighted by Crippen LogP contribution is -2.28. The first-order valence-electron chi connectivity index (χ1n) is 6.50. The van der Waals surface area contributed by atoms with Crippen LogP contribution in [0.2, 0.25) is 0 Å². The standard InChI is InChI=1S/C15H15NO3S2/c1-3-8-16-13(17)12(21-15(16)20)9-10-4-6-11(7-5-10)14(18)19-2/h4-7,9H,3,8H2,1-2H3/b12-9+. The SMILES string of the molecule is CCCN1C(=O)/C(=C\c2ccc(C(=O)OC)cc2)SC1=S. The zero-order valence-corrected chi connectivity index (χ0v) is 13.4. The van der Waals surface area contributed by atoms with Crippen molar-refractivity contribution in [3.05, 3.63) is 40.3 Å². The average Bonchev–Trinajstić information content (AvgIpc) is 2.75. The Kier molecular flexibility index (Phi) is 5.14. The third kappa shape index (κ3) is 3.51. The minimum atomic E-state index is -0.379. The van der Waals surface area contributed by atoms with Crippen molar-refractivity contribution < 1.29 is 14.3 Å². The Balaban J connectivity index is 2.19. The molecule has 0 atom stereocenters. The van der Waals surface area contributed by atoms with Crippen LogP contribution in [0.5, 0.6) is 0 Å². The molecule has 21 heavy (non-hydrogen) atoms. The smallest absolute Gasteiger partial charge is 0.337 e. The molecule has 1 amide bonds. The first-order valence-corrected chi connectivity index (χ1v) is 7.73. The zero-order chi connectivity index (χ0) is 15.4. The van der Waals surface area contributed by atoms with Crippen LogP contribution in [0, 0.1) is 0 Å². The van der Waals surface area contributed by atoms with Crippen molar-refractivity contribution in [3.8, 4) is 0 Å². The number of ether oxygens (including phenoxy) is 1. The van der Waals surface area contributed by atoms with E-state index < -0.39 is 0 Å². The number of nitrogens with zero attached hydrogens (tertiary/aromatic N) is 1. The number of carbonyl (C=O) groups is 2. The molecule has 0 bridgehead atoms. The highest BCUT2D eigenvalue weighted by Gasteiger charge is 2.31. The van der Waals surface area contributed by atoms with E-state index in [1.54, 1.807) is 35.2 Å². The summed E-state index contributed by atoms with van der Waals surface area (Å²) in [5.74, 6) is -0.431. The van der Waals surface area contributed by atoms with E-state index in [9.17, 15) is 9.59 Å². The zero-order valence-electron chi connectivity index (χ0n) is 11.8. The Morgan fingerprint density at radius 1 is 1.38 bits per heavy atom. The van der Waals surface area contributed by atoms with Gasteiger partial charge in [-0.25, -0.2) is 4.79 Å². The molecule has 1 aliphatic rings. The van der Waals surface area contributed by atoms with E-state index >= 15 is 0 Å². The highest BCUT2D eigenvalue weighted by molar-refractivity contribution is 8.26. The molecule has 4 nitrogen and oxygen atoms in total. The van der Waals surface area contributed by atoms with Gasteiger partial charge in [-0.1, -0.05) is 43.0 Å². The summed E-state index contributed by atoms with van der Waals surface area (Å²) in [6, 6.07) is 6.89. The molecule has 0 N–H and O–H groups in total. The molecular weight excluding hydrogens is 306 g/mol. The largest absolute Gasteiger partial charge is 0.465 e. The average molecular weight is 321 g/mol. The van der Waals surface area contributed by atoms with Crippen LogP contribution in [-0.4, -0.2) is 34.8 Å². The molecule has 1 fully saturated rings. The minimum absolute atomic E-state index is 0.0519. The van der Waals surface area contributed by atoms with Crippen LogP contribution >= 0.6 is 24.0 Å². The highest BCUT2D eigenvalue weighted by Crippen LogP contribution is 2.32. The molecule has 6 heteroatoms. The monoisotopic (exact) mass is 321 g/mol. The summed E-state index contributed by atoms with van der Waals surface area (Å²) >= 11 is 6.52. The molecular formula is C15H15NO3S2. The van der Waals surface area contributed by atoms with Crippen LogP contribution in [-0.2, 0) is 9.53 Å². The number of thioether (sulfide) groups is 1. The first-order chi connectivity index (χ1) is 10.1. The number of hydrogen-bond donors (Lipinski definition) is 0. The molecule has 0 aliphatic carbocycles. The van der Waals surface area contributed by atoms with E-state index in [1.165, 1.54) is 18.9 Å². The van der Waals surface area contributed by atoms with E-state index in [4.69, 9.17) is 12.2 Å². The number of thiocarbonyl (C=S) groups is 1. The van der Waals surface area contributed by atoms with Gasteiger partial charge in [-0.3, -0.25) is 9.69 Å². The molecule has 1 saturated heterocycles. The second kappa shape index (κ2) is 6.87. The summed E-state index contributed by atoms with van der Waals surface area (Å²) in [7, 11) is 1.34. The van der Waals surface area contributed by atoms with Gasteiger partial charge in [0, 0.05) is 6.54 Å². The maximum atomic E-state index is 12.2. The van der Waals surface area contributed by atoms with Crippen LogP contribution in [0.3, 0.4) is 0 Å². The lowest BCUT2D eigenvalue weighted by atomic mass is 10.1. The molecule has 0 unspecified atom stereocenters. The maximum absolute atomic E-state index is 12.2. The number of methoxy groups -OCH3 is 1. The summed E-state index contributed by atoms with van der Waals surface area (Å²) in [6.45, 7) is 2.65. The van der Waals surface area contributed by atoms with E-state index in [0.717, 1.165) is 12.0 Å². The summed E-state index contributed by atoms with van der Waals surface area (Å²) in [6.07, 6.45) is 2.66. The predicted octanol–water partition coefficient (Wildman–Crippen LogP) is 3.08. The Bertz CT molecular complexity index is 608. The predicted molar refractivity (Wildman–Crippen MR) is 88.0 cm³/mol. The van der Waals surface area contributed by atoms with E-state index in [1.807, 2.05) is 6.92 Å². The van der Waals surface area contributed by atoms with Gasteiger partial charge >= 0.3 is 5.97 Å². The van der Waals surface area contributed by atoms with Gasteiger partial charge in [0.1, 0.15) is 4.32 Å². The Morgan fingerprint density at radius 2 is 2.05 bits per heavy atom. The Hall–Kier alpha value is -1.66. The first kappa shape index (κ1) is 15.7. The van der Waals surface area contributed by atoms with Crippen LogP contribution in [0.4, 0.5) is 0 Å². The molecule has 1 aromatic carbocycles. The number of amides is 1. The summed E-state index contributed by atoms with van der Waals surface area (Å²) < 4.78 is 5.24. The molecule has 0 spiro atoms. The van der Waals surface area contributed by atoms with Crippen LogP contribution < -0.4 is 0 Å². The summed E-state index contributed by atoms with van der Waals surface area (Å²) in [5, 5.41) is 0. The lowest BCUT2D eigenvalue weighted by molar-refractivity contribution is -0.122. The van der Waals surface area contributed by atoms with Crippen LogP contribution in [0.25, 0.3) is 6.08 Å². The molecule has 1 aliphatic heterocycles. The number of hydrogen-bond acceptors (Lipinski definition) is 5. The number of esters is 1. The fraction of sp³-hybridized carbons (Fsp3) is 0.267. The molecule has 1 aromatic rings. The van der Waals surface area contributed by atoms with Gasteiger partial charge in [0.25, 0.3) is 5.91 Å². The van der Waals surface area contributed by atoms with Gasteiger partial charge < -0.3 is 4.74 Å². The van der Waals surface area contributed by atoms with Crippen molar-refractivity contribution in [2.24, 2.45) is 0 Å². The highest BCUT2D eigenvalue weighted by atomic mass is 32.2. The third-order valence-electron chi connectivity index (χ3n) is 2.95. The third-order valence-corrected chi connectivity index (χ3v) is 4.33. The maximum Gasteiger partial charge on any atom is 0.337 e. The van der Waals surface area contributed by atoms with Crippen molar-refractivity contribution in [3.63, 3.8) is 0 Å². The van der Waals surface area contributed by atoms with Gasteiger partial charge in [-0.05, 0) is 30.2 Å². The van der Waals surface area contributed by atoms with E-state index in [-0.39, 0.29) is 11.9 Å². The fourth-order valence-electron chi connectivity index (χ4n) is 1.90. The van der Waals surface area contributed by atoms with Crippen molar-refractivity contribution in [2.45, 2.75) is 13.3 Å². The Labute approximate surface area is 133 Å². The second-order valence-electron chi connectivity index (χ2n) is 4.45. The topological polar surface area (TPSA) is 46.6 Å². The van der Waals surface area contributed by atoms with Gasteiger partial charge in [0.2, 0.25) is 0 Å². The number of carbonyl (C=O) groups excluding carboxylic acids is 2. The minimum Gasteiger partial charge on any atom is -0.465 e. The van der Waals surface area contributed by atoms with Gasteiger partial charge in [0.05, 0.1) is 17.6 Å². The van der Waals surface area contributed by atoms with Crippen molar-refractivity contribution in [1.82, 2.24) is 4.90 Å². The molecule has 1 heterocycles. The van der Waals surface area contributed by atoms with E-state index in [0.29, 0.717) is 21.3 Å². The van der Waals surface area contributed by atoms with Gasteiger partial charge in [-0.15, -0.1) is 0 Å². The summed E-state index contributed by atoms with van der Waals surface area (Å²) in [4.78, 5) is 25.8. The molecule has 0 aromatic heterocycles. The molecule has 0 radical (unpaired) electrons. The van der Waals surface area contributed by atoms with Gasteiger partial charge in [0.15, 0.2) is 0 Å². The Morgan fingerprint density at radius 3 is 2.62 bits per heavy atom. The van der Waals surface area contributed by atoms with Crippen LogP contribution in [0.1, 0.15) is 29.3 Å². The number of benzene rings is 1. The van der Waals surface area contributed by atoms with Crippen LogP contribution in [0.15, 0.2) is 29.2 Å². The van der Waals surface area contributed by atoms with Crippen molar-refractivity contribution >= 4 is 46.3 Å². The van der Waals surface area contributed by atoms with Gasteiger partial charge in [-0.2, -0.15) is 0 Å². The fourth-order valence-corrected chi connectivity index (χ4v) is 3.21. The van der Waals surface area contributed by atoms with E-state index in [2.05, 4.69) is 4.74 Å². The normalized spacial score (nSPS) is 16.7. The lowest BCUT2D eigenvalue weighted by Gasteiger charge is -2.11. The number of rotatable bonds is 4. The quantitative estimate of drug-likeness (QED) is 0.484. The second-order valence-corrected chi connectivity index (χ2v) is 6.12. The van der Waals surface area contributed by atoms with Crippen molar-refractivity contribution in [1.29, 1.82) is 0 Å².